The Morgan fingerprint density at radius 2 is 2.16 bits per heavy atom. The first-order valence-electron chi connectivity index (χ1n) is 5.39. The number of benzene rings is 1. The van der Waals surface area contributed by atoms with Gasteiger partial charge in [-0.15, -0.1) is 10.2 Å². The van der Waals surface area contributed by atoms with Crippen molar-refractivity contribution in [3.8, 4) is 0 Å². The lowest BCUT2D eigenvalue weighted by molar-refractivity contribution is 0.102. The number of nitrogens with one attached hydrogen (secondary N) is 1. The van der Waals surface area contributed by atoms with Gasteiger partial charge in [0.1, 0.15) is 0 Å². The zero-order valence-corrected chi connectivity index (χ0v) is 11.5. The van der Waals surface area contributed by atoms with Crippen molar-refractivity contribution in [1.82, 2.24) is 15.2 Å². The van der Waals surface area contributed by atoms with Crippen LogP contribution in [-0.4, -0.2) is 21.1 Å². The molecule has 0 spiro atoms. The van der Waals surface area contributed by atoms with Crippen molar-refractivity contribution in [1.29, 1.82) is 0 Å². The molecular formula is C11H9N5OS2. The van der Waals surface area contributed by atoms with Crippen LogP contribution in [0.15, 0.2) is 18.2 Å². The predicted octanol–water partition coefficient (Wildman–Crippen LogP) is 2.29. The fourth-order valence-corrected chi connectivity index (χ4v) is 3.03. The summed E-state index contributed by atoms with van der Waals surface area (Å²) < 4.78 is 1.03. The lowest BCUT2D eigenvalue weighted by Gasteiger charge is -1.95. The first-order chi connectivity index (χ1) is 9.11. The van der Waals surface area contributed by atoms with Crippen LogP contribution in [0.1, 0.15) is 15.4 Å². The molecule has 0 saturated carbocycles. The Hall–Kier alpha value is -2.06. The van der Waals surface area contributed by atoms with Gasteiger partial charge in [-0.2, -0.15) is 0 Å². The van der Waals surface area contributed by atoms with E-state index in [-0.39, 0.29) is 16.0 Å². The number of amides is 1. The van der Waals surface area contributed by atoms with E-state index < -0.39 is 0 Å². The SMILES string of the molecule is Cc1ccc2nc(NC(=O)c3nnc(N)s3)sc2c1. The molecule has 3 rings (SSSR count). The average molecular weight is 291 g/mol. The maximum absolute atomic E-state index is 11.9. The van der Waals surface area contributed by atoms with Gasteiger partial charge in [0.15, 0.2) is 5.13 Å². The smallest absolute Gasteiger partial charge is 0.288 e. The van der Waals surface area contributed by atoms with Crippen LogP contribution in [0.2, 0.25) is 0 Å². The Balaban J connectivity index is 1.87. The van der Waals surface area contributed by atoms with E-state index in [9.17, 15) is 4.79 Å². The van der Waals surface area contributed by atoms with Crippen molar-refractivity contribution in [3.05, 3.63) is 28.8 Å². The summed E-state index contributed by atoms with van der Waals surface area (Å²) in [5.74, 6) is -0.343. The van der Waals surface area contributed by atoms with Gasteiger partial charge in [-0.25, -0.2) is 4.98 Å². The van der Waals surface area contributed by atoms with E-state index in [1.165, 1.54) is 11.3 Å². The van der Waals surface area contributed by atoms with E-state index in [2.05, 4.69) is 20.5 Å². The van der Waals surface area contributed by atoms with E-state index in [4.69, 9.17) is 5.73 Å². The minimum atomic E-state index is -0.343. The number of hydrogen-bond acceptors (Lipinski definition) is 7. The zero-order valence-electron chi connectivity index (χ0n) is 9.88. The molecular weight excluding hydrogens is 282 g/mol. The third-order valence-corrected chi connectivity index (χ3v) is 4.08. The van der Waals surface area contributed by atoms with Crippen LogP contribution >= 0.6 is 22.7 Å². The van der Waals surface area contributed by atoms with Gasteiger partial charge in [-0.3, -0.25) is 10.1 Å². The average Bonchev–Trinajstić information content (AvgIpc) is 2.94. The van der Waals surface area contributed by atoms with Crippen molar-refractivity contribution >= 4 is 49.1 Å². The number of aryl methyl sites for hydroxylation is 1. The molecule has 0 bridgehead atoms. The Labute approximate surface area is 116 Å². The second kappa shape index (κ2) is 4.56. The fourth-order valence-electron chi connectivity index (χ4n) is 1.56. The molecule has 8 heteroatoms. The van der Waals surface area contributed by atoms with Gasteiger partial charge in [0.05, 0.1) is 10.2 Å². The van der Waals surface area contributed by atoms with Crippen molar-refractivity contribution in [2.75, 3.05) is 11.1 Å². The number of carbonyl (C=O) groups is 1. The molecule has 2 aromatic heterocycles. The Morgan fingerprint density at radius 3 is 2.89 bits per heavy atom. The summed E-state index contributed by atoms with van der Waals surface area (Å²) in [7, 11) is 0. The van der Waals surface area contributed by atoms with Crippen LogP contribution in [0.3, 0.4) is 0 Å². The minimum absolute atomic E-state index is 0.230. The van der Waals surface area contributed by atoms with Crippen LogP contribution in [-0.2, 0) is 0 Å². The number of nitrogens with two attached hydrogens (primary N) is 1. The summed E-state index contributed by atoms with van der Waals surface area (Å²) in [4.78, 5) is 16.2. The molecule has 96 valence electrons. The lowest BCUT2D eigenvalue weighted by Crippen LogP contribution is -2.11. The number of anilines is 2. The van der Waals surface area contributed by atoms with Crippen molar-refractivity contribution in [3.63, 3.8) is 0 Å². The van der Waals surface area contributed by atoms with Gasteiger partial charge in [0, 0.05) is 0 Å². The molecule has 0 aliphatic rings. The Morgan fingerprint density at radius 1 is 1.32 bits per heavy atom. The van der Waals surface area contributed by atoms with Crippen LogP contribution < -0.4 is 11.1 Å². The van der Waals surface area contributed by atoms with E-state index in [0.717, 1.165) is 27.1 Å². The molecule has 0 fully saturated rings. The molecule has 0 radical (unpaired) electrons. The molecule has 1 aromatic carbocycles. The minimum Gasteiger partial charge on any atom is -0.374 e. The summed E-state index contributed by atoms with van der Waals surface area (Å²) in [6.07, 6.45) is 0. The molecule has 0 atom stereocenters. The highest BCUT2D eigenvalue weighted by atomic mass is 32.1. The molecule has 0 aliphatic heterocycles. The monoisotopic (exact) mass is 291 g/mol. The number of hydrogen-bond donors (Lipinski definition) is 2. The van der Waals surface area contributed by atoms with Gasteiger partial charge in [-0.05, 0) is 24.6 Å². The number of rotatable bonds is 2. The normalized spacial score (nSPS) is 10.8. The van der Waals surface area contributed by atoms with Crippen LogP contribution in [0.25, 0.3) is 10.2 Å². The Kier molecular flexibility index (Phi) is 2.88. The maximum Gasteiger partial charge on any atom is 0.288 e. The molecule has 1 amide bonds. The molecule has 19 heavy (non-hydrogen) atoms. The topological polar surface area (TPSA) is 93.8 Å². The van der Waals surface area contributed by atoms with Crippen LogP contribution in [0.5, 0.6) is 0 Å². The molecule has 6 nitrogen and oxygen atoms in total. The fraction of sp³-hybridized carbons (Fsp3) is 0.0909. The summed E-state index contributed by atoms with van der Waals surface area (Å²) in [5.41, 5.74) is 7.46. The molecule has 2 heterocycles. The van der Waals surface area contributed by atoms with Crippen LogP contribution in [0, 0.1) is 6.92 Å². The van der Waals surface area contributed by atoms with Gasteiger partial charge in [0.25, 0.3) is 5.91 Å². The van der Waals surface area contributed by atoms with Crippen LogP contribution in [0.4, 0.5) is 10.3 Å². The maximum atomic E-state index is 11.9. The highest BCUT2D eigenvalue weighted by Gasteiger charge is 2.14. The number of fused-ring (bicyclic) bond motifs is 1. The standard InChI is InChI=1S/C11H9N5OS2/c1-5-2-3-6-7(4-5)18-11(13-6)14-8(17)9-15-16-10(12)19-9/h2-4H,1H3,(H2,12,16)(H,13,14,17). The molecule has 0 aliphatic carbocycles. The first kappa shape index (κ1) is 12.0. The Bertz CT molecular complexity index is 763. The molecule has 0 saturated heterocycles. The van der Waals surface area contributed by atoms with Crippen molar-refractivity contribution < 1.29 is 4.79 Å². The summed E-state index contributed by atoms with van der Waals surface area (Å²) in [6.45, 7) is 2.02. The van der Waals surface area contributed by atoms with Crippen molar-refractivity contribution in [2.24, 2.45) is 0 Å². The summed E-state index contributed by atoms with van der Waals surface area (Å²) in [6, 6.07) is 5.95. The molecule has 0 unspecified atom stereocenters. The van der Waals surface area contributed by atoms with Crippen molar-refractivity contribution in [2.45, 2.75) is 6.92 Å². The predicted molar refractivity (Wildman–Crippen MR) is 76.6 cm³/mol. The third kappa shape index (κ3) is 2.40. The van der Waals surface area contributed by atoms with E-state index in [0.29, 0.717) is 5.13 Å². The number of nitrogen functional groups attached to an aromatic ring is 1. The van der Waals surface area contributed by atoms with E-state index in [1.807, 2.05) is 25.1 Å². The number of thiazole rings is 1. The second-order valence-corrected chi connectivity index (χ2v) is 5.93. The molecule has 3 aromatic rings. The van der Waals surface area contributed by atoms with Gasteiger partial charge >= 0.3 is 0 Å². The van der Waals surface area contributed by atoms with Gasteiger partial charge in [0.2, 0.25) is 10.1 Å². The highest BCUT2D eigenvalue weighted by molar-refractivity contribution is 7.22. The number of nitrogens with zero attached hydrogens (tertiary/aromatic N) is 3. The third-order valence-electron chi connectivity index (χ3n) is 2.40. The number of carbonyl (C=O) groups excluding carboxylic acids is 1. The molecule has 3 N–H and O–H groups in total. The second-order valence-electron chi connectivity index (χ2n) is 3.89. The zero-order chi connectivity index (χ0) is 13.4. The highest BCUT2D eigenvalue weighted by Crippen LogP contribution is 2.27. The first-order valence-corrected chi connectivity index (χ1v) is 7.02. The van der Waals surface area contributed by atoms with E-state index in [1.54, 1.807) is 0 Å². The number of aromatic nitrogens is 3. The lowest BCUT2D eigenvalue weighted by atomic mass is 10.2. The summed E-state index contributed by atoms with van der Waals surface area (Å²) in [5, 5.41) is 11.0. The van der Waals surface area contributed by atoms with E-state index >= 15 is 0 Å². The quantitative estimate of drug-likeness (QED) is 0.755. The van der Waals surface area contributed by atoms with Gasteiger partial charge in [-0.1, -0.05) is 28.7 Å². The summed E-state index contributed by atoms with van der Waals surface area (Å²) >= 11 is 2.47. The largest absolute Gasteiger partial charge is 0.374 e. The van der Waals surface area contributed by atoms with Gasteiger partial charge < -0.3 is 5.73 Å².